The molecule has 13 heteroatoms. The Labute approximate surface area is 252 Å². The number of hydrogen-bond donors (Lipinski definition) is 4. The number of hydrogen-bond acceptors (Lipinski definition) is 6. The van der Waals surface area contributed by atoms with Crippen LogP contribution in [0.3, 0.4) is 0 Å². The molecule has 3 aromatic rings. The molecule has 2 amide bonds. The van der Waals surface area contributed by atoms with E-state index in [2.05, 4.69) is 39.7 Å². The normalized spacial score (nSPS) is 17.2. The summed E-state index contributed by atoms with van der Waals surface area (Å²) < 4.78 is 61.5. The van der Waals surface area contributed by atoms with Crippen LogP contribution in [-0.4, -0.2) is 66.6 Å². The van der Waals surface area contributed by atoms with Crippen molar-refractivity contribution in [3.8, 4) is 16.9 Å². The van der Waals surface area contributed by atoms with Gasteiger partial charge < -0.3 is 25.7 Å². The van der Waals surface area contributed by atoms with E-state index < -0.39 is 35.8 Å². The zero-order chi connectivity index (χ0) is 32.0. The zero-order valence-corrected chi connectivity index (χ0v) is 24.6. The van der Waals surface area contributed by atoms with Crippen molar-refractivity contribution in [3.05, 3.63) is 81.5 Å². The van der Waals surface area contributed by atoms with Crippen molar-refractivity contribution in [3.63, 3.8) is 0 Å². The predicted molar refractivity (Wildman–Crippen MR) is 158 cm³/mol. The van der Waals surface area contributed by atoms with E-state index in [4.69, 9.17) is 4.74 Å². The van der Waals surface area contributed by atoms with Crippen molar-refractivity contribution < 1.29 is 31.9 Å². The molecule has 236 valence electrons. The summed E-state index contributed by atoms with van der Waals surface area (Å²) in [5.74, 6) is -1.95. The number of alkyl halides is 3. The Morgan fingerprint density at radius 3 is 2.45 bits per heavy atom. The van der Waals surface area contributed by atoms with Crippen LogP contribution in [0.5, 0.6) is 5.75 Å². The minimum Gasteiger partial charge on any atom is -0.493 e. The van der Waals surface area contributed by atoms with Crippen LogP contribution in [0.4, 0.5) is 23.2 Å². The van der Waals surface area contributed by atoms with Crippen LogP contribution in [0.15, 0.2) is 53.5 Å². The van der Waals surface area contributed by atoms with Crippen molar-refractivity contribution in [2.75, 3.05) is 38.1 Å². The van der Waals surface area contributed by atoms with Crippen LogP contribution in [0.2, 0.25) is 0 Å². The summed E-state index contributed by atoms with van der Waals surface area (Å²) in [5, 5.41) is 8.42. The lowest BCUT2D eigenvalue weighted by molar-refractivity contribution is -0.137. The molecule has 4 N–H and O–H groups in total. The largest absolute Gasteiger partial charge is 0.493 e. The number of ether oxygens (including phenoxy) is 1. The molecule has 0 bridgehead atoms. The fourth-order valence-electron chi connectivity index (χ4n) is 5.24. The summed E-state index contributed by atoms with van der Waals surface area (Å²) >= 11 is 0. The fourth-order valence-corrected chi connectivity index (χ4v) is 5.24. The number of anilines is 1. The number of carbonyl (C=O) groups excluding carboxylic acids is 2. The summed E-state index contributed by atoms with van der Waals surface area (Å²) in [4.78, 5) is 41.9. The maximum absolute atomic E-state index is 15.0. The lowest BCUT2D eigenvalue weighted by Gasteiger charge is -2.36. The van der Waals surface area contributed by atoms with E-state index in [-0.39, 0.29) is 53.4 Å². The van der Waals surface area contributed by atoms with E-state index in [1.807, 2.05) is 0 Å². The molecule has 1 aliphatic rings. The third kappa shape index (κ3) is 8.66. The molecule has 1 saturated heterocycles. The maximum Gasteiger partial charge on any atom is 0.416 e. The van der Waals surface area contributed by atoms with Gasteiger partial charge in [0.05, 0.1) is 18.6 Å². The first-order valence-electron chi connectivity index (χ1n) is 14.3. The monoisotopic (exact) mass is 617 g/mol. The van der Waals surface area contributed by atoms with Gasteiger partial charge in [-0.25, -0.2) is 4.39 Å². The predicted octanol–water partition coefficient (Wildman–Crippen LogP) is 4.19. The van der Waals surface area contributed by atoms with Gasteiger partial charge in [0.15, 0.2) is 0 Å². The lowest BCUT2D eigenvalue weighted by Crippen LogP contribution is -2.55. The number of halogens is 4. The van der Waals surface area contributed by atoms with Gasteiger partial charge >= 0.3 is 6.18 Å². The Kier molecular flexibility index (Phi) is 10.4. The van der Waals surface area contributed by atoms with E-state index in [1.54, 1.807) is 6.92 Å². The Balaban J connectivity index is 1.45. The van der Waals surface area contributed by atoms with Gasteiger partial charge in [-0.15, -0.1) is 0 Å². The highest BCUT2D eigenvalue weighted by molar-refractivity contribution is 5.98. The second kappa shape index (κ2) is 14.0. The smallest absolute Gasteiger partial charge is 0.416 e. The summed E-state index contributed by atoms with van der Waals surface area (Å²) in [6, 6.07) is 8.49. The van der Waals surface area contributed by atoms with E-state index in [0.29, 0.717) is 17.7 Å². The number of amides is 2. The first kappa shape index (κ1) is 32.7. The molecule has 1 aromatic heterocycles. The van der Waals surface area contributed by atoms with Crippen LogP contribution < -0.4 is 26.2 Å². The Bertz CT molecular complexity index is 1550. The first-order chi connectivity index (χ1) is 20.8. The number of pyridine rings is 1. The van der Waals surface area contributed by atoms with Crippen LogP contribution in [0.1, 0.15) is 42.3 Å². The molecule has 0 saturated carbocycles. The molecule has 2 aromatic carbocycles. The van der Waals surface area contributed by atoms with Crippen molar-refractivity contribution in [1.29, 1.82) is 0 Å². The number of aromatic amines is 1. The molecule has 0 radical (unpaired) electrons. The summed E-state index contributed by atoms with van der Waals surface area (Å²) in [5.41, 5.74) is -1.18. The summed E-state index contributed by atoms with van der Waals surface area (Å²) in [6.45, 7) is 8.45. The molecule has 2 heterocycles. The molecule has 2 atom stereocenters. The van der Waals surface area contributed by atoms with Gasteiger partial charge in [-0.3, -0.25) is 19.3 Å². The highest BCUT2D eigenvalue weighted by Gasteiger charge is 2.32. The van der Waals surface area contributed by atoms with Crippen LogP contribution in [0.25, 0.3) is 11.1 Å². The number of rotatable bonds is 10. The minimum absolute atomic E-state index is 0.00451. The Morgan fingerprint density at radius 2 is 1.80 bits per heavy atom. The topological polar surface area (TPSA) is 116 Å². The van der Waals surface area contributed by atoms with Gasteiger partial charge in [0.1, 0.15) is 11.6 Å². The molecule has 0 spiro atoms. The number of H-pyrrole nitrogens is 1. The van der Waals surface area contributed by atoms with Crippen molar-refractivity contribution in [2.24, 2.45) is 0 Å². The Morgan fingerprint density at radius 1 is 1.07 bits per heavy atom. The van der Waals surface area contributed by atoms with Crippen molar-refractivity contribution in [1.82, 2.24) is 20.5 Å². The second-order valence-corrected chi connectivity index (χ2v) is 10.8. The Hall–Kier alpha value is -4.23. The molecule has 44 heavy (non-hydrogen) atoms. The number of benzene rings is 2. The van der Waals surface area contributed by atoms with Crippen LogP contribution in [0, 0.1) is 5.82 Å². The average Bonchev–Trinajstić information content (AvgIpc) is 2.93. The van der Waals surface area contributed by atoms with Gasteiger partial charge in [-0.2, -0.15) is 13.2 Å². The number of nitrogens with one attached hydrogen (secondary N) is 4. The number of aromatic nitrogens is 1. The number of piperazine rings is 1. The molecular weight excluding hydrogens is 582 g/mol. The average molecular weight is 618 g/mol. The first-order valence-corrected chi connectivity index (χ1v) is 14.3. The molecule has 1 aliphatic heterocycles. The third-order valence-corrected chi connectivity index (χ3v) is 7.05. The fraction of sp³-hybridized carbons (Fsp3) is 0.387. The van der Waals surface area contributed by atoms with Gasteiger partial charge in [0.25, 0.3) is 11.5 Å². The van der Waals surface area contributed by atoms with Crippen molar-refractivity contribution in [2.45, 2.75) is 45.5 Å². The molecule has 9 nitrogen and oxygen atoms in total. The molecule has 1 fully saturated rings. The van der Waals surface area contributed by atoms with Gasteiger partial charge in [-0.05, 0) is 56.2 Å². The molecule has 4 rings (SSSR count). The van der Waals surface area contributed by atoms with E-state index in [1.165, 1.54) is 30.5 Å². The summed E-state index contributed by atoms with van der Waals surface area (Å²) in [7, 11) is 0. The number of carbonyl (C=O) groups is 2. The third-order valence-electron chi connectivity index (χ3n) is 7.05. The standard InChI is InChI=1S/C31H35F4N5O4/c1-4-44-27-14-28(41)37-15-25(27)20-5-6-21(26(32)11-20)12-29(42)39-24-10-22(9-23(13-24)31(33,34)35)30(43)36-7-8-40-16-18(2)38-19(3)17-40/h5-6,9-11,13-15,18-19,38H,4,7-8,12,16-17H2,1-3H3,(H,36,43)(H,37,41)(H,39,42)/t18-,19+. The van der Waals surface area contributed by atoms with E-state index in [9.17, 15) is 27.6 Å². The quantitative estimate of drug-likeness (QED) is 0.254. The van der Waals surface area contributed by atoms with Gasteiger partial charge in [0.2, 0.25) is 5.91 Å². The van der Waals surface area contributed by atoms with Gasteiger partial charge in [-0.1, -0.05) is 12.1 Å². The van der Waals surface area contributed by atoms with Crippen LogP contribution in [-0.2, 0) is 17.4 Å². The highest BCUT2D eigenvalue weighted by atomic mass is 19.4. The molecular formula is C31H35F4N5O4. The minimum atomic E-state index is -4.77. The second-order valence-electron chi connectivity index (χ2n) is 10.8. The lowest BCUT2D eigenvalue weighted by atomic mass is 10.0. The summed E-state index contributed by atoms with van der Waals surface area (Å²) in [6.07, 6.45) is -3.86. The van der Waals surface area contributed by atoms with Crippen molar-refractivity contribution >= 4 is 17.5 Å². The number of nitrogens with zero attached hydrogens (tertiary/aromatic N) is 1. The molecule has 0 aliphatic carbocycles. The van der Waals surface area contributed by atoms with E-state index >= 15 is 4.39 Å². The van der Waals surface area contributed by atoms with Crippen LogP contribution >= 0.6 is 0 Å². The SMILES string of the molecule is CCOc1cc(=O)[nH]cc1-c1ccc(CC(=O)Nc2cc(C(=O)NCCN3C[C@@H](C)N[C@@H](C)C3)cc(C(F)(F)F)c2)c(F)c1. The van der Waals surface area contributed by atoms with Gasteiger partial charge in [0, 0.05) is 67.3 Å². The van der Waals surface area contributed by atoms with E-state index in [0.717, 1.165) is 31.3 Å². The maximum atomic E-state index is 15.0. The zero-order valence-electron chi connectivity index (χ0n) is 24.6. The molecule has 0 unspecified atom stereocenters. The highest BCUT2D eigenvalue weighted by Crippen LogP contribution is 2.33.